The Balaban J connectivity index is 1.36. The van der Waals surface area contributed by atoms with Crippen LogP contribution in [-0.4, -0.2) is 61.2 Å². The average molecular weight is 794 g/mol. The molecule has 16 heteroatoms. The number of halogens is 5. The van der Waals surface area contributed by atoms with Crippen molar-refractivity contribution in [2.75, 3.05) is 12.0 Å². The van der Waals surface area contributed by atoms with Crippen LogP contribution in [0.3, 0.4) is 0 Å². The van der Waals surface area contributed by atoms with Gasteiger partial charge in [-0.2, -0.15) is 18.2 Å². The van der Waals surface area contributed by atoms with E-state index in [1.807, 2.05) is 6.07 Å². The fraction of sp³-hybridized carbons (Fsp3) is 0.282. The highest BCUT2D eigenvalue weighted by atomic mass is 35.5. The quantitative estimate of drug-likeness (QED) is 0.137. The summed E-state index contributed by atoms with van der Waals surface area (Å²) in [5.74, 6) is -9.76. The number of nitrogens with one attached hydrogen (secondary N) is 1. The SMILES string of the molecule is O=C(O)CCN1C(=O)[C@H]2[C@H](CC=C3[C@H]2C[C@H]2C(=O)N(Nc4ncc(C(F)(F)F)cc4Cl)C(=O)[C@@]2(c2ccc(Cl)cc2)[C@H]3c2c(O)ccc3ccccc23)C1=O. The van der Waals surface area contributed by atoms with Gasteiger partial charge in [0.05, 0.1) is 40.2 Å². The van der Waals surface area contributed by atoms with Gasteiger partial charge in [0, 0.05) is 29.2 Å². The second-order valence-electron chi connectivity index (χ2n) is 14.1. The molecule has 3 heterocycles. The van der Waals surface area contributed by atoms with Crippen LogP contribution in [0.2, 0.25) is 10.0 Å². The number of benzene rings is 3. The average Bonchev–Trinajstić information content (AvgIpc) is 3.51. The van der Waals surface area contributed by atoms with Crippen LogP contribution < -0.4 is 5.43 Å². The van der Waals surface area contributed by atoms with Crippen molar-refractivity contribution in [3.8, 4) is 5.75 Å². The van der Waals surface area contributed by atoms with Crippen molar-refractivity contribution in [2.24, 2.45) is 23.7 Å². The summed E-state index contributed by atoms with van der Waals surface area (Å²) in [6.45, 7) is -0.344. The maximum absolute atomic E-state index is 15.4. The Labute approximate surface area is 320 Å². The number of carbonyl (C=O) groups excluding carboxylic acids is 4. The van der Waals surface area contributed by atoms with E-state index in [-0.39, 0.29) is 30.7 Å². The number of carboxylic acid groups (broad SMARTS) is 1. The van der Waals surface area contributed by atoms with Gasteiger partial charge in [-0.05, 0) is 59.4 Å². The Morgan fingerprint density at radius 1 is 0.964 bits per heavy atom. The number of hydrogen-bond acceptors (Lipinski definition) is 8. The van der Waals surface area contributed by atoms with Crippen LogP contribution in [0.5, 0.6) is 5.75 Å². The molecule has 11 nitrogen and oxygen atoms in total. The molecule has 0 bridgehead atoms. The number of fused-ring (bicyclic) bond motifs is 5. The first-order chi connectivity index (χ1) is 26.1. The van der Waals surface area contributed by atoms with Crippen LogP contribution in [0, 0.1) is 23.7 Å². The van der Waals surface area contributed by atoms with E-state index < -0.39 is 93.6 Å². The number of hydrazine groups is 1. The molecule has 1 saturated carbocycles. The molecule has 2 aliphatic carbocycles. The monoisotopic (exact) mass is 792 g/mol. The van der Waals surface area contributed by atoms with Gasteiger partial charge in [0.25, 0.3) is 11.8 Å². The van der Waals surface area contributed by atoms with Crippen molar-refractivity contribution >= 4 is 69.4 Å². The van der Waals surface area contributed by atoms with Crippen molar-refractivity contribution in [1.82, 2.24) is 14.9 Å². The molecule has 8 rings (SSSR count). The molecule has 0 unspecified atom stereocenters. The number of pyridine rings is 1. The lowest BCUT2D eigenvalue weighted by molar-refractivity contribution is -0.143. The van der Waals surface area contributed by atoms with E-state index in [1.54, 1.807) is 54.6 Å². The van der Waals surface area contributed by atoms with E-state index in [1.165, 1.54) is 6.07 Å². The number of phenols is 1. The second-order valence-corrected chi connectivity index (χ2v) is 15.0. The summed E-state index contributed by atoms with van der Waals surface area (Å²) < 4.78 is 40.5. The molecule has 6 atom stereocenters. The van der Waals surface area contributed by atoms with Crippen molar-refractivity contribution in [3.05, 3.63) is 111 Å². The Morgan fingerprint density at radius 3 is 2.38 bits per heavy atom. The van der Waals surface area contributed by atoms with E-state index in [9.17, 15) is 42.6 Å². The number of nitrogens with zero attached hydrogens (tertiary/aromatic N) is 3. The molecular formula is C39H29Cl2F3N4O7. The van der Waals surface area contributed by atoms with Crippen LogP contribution >= 0.6 is 23.2 Å². The lowest BCUT2D eigenvalue weighted by Crippen LogP contribution is -2.53. The minimum absolute atomic E-state index is 0.0588. The highest BCUT2D eigenvalue weighted by molar-refractivity contribution is 6.33. The van der Waals surface area contributed by atoms with Gasteiger partial charge in [-0.25, -0.2) is 4.98 Å². The number of phenolic OH excluding ortho intramolecular Hbond substituents is 1. The molecule has 3 N–H and O–H groups in total. The number of carbonyl (C=O) groups is 5. The summed E-state index contributed by atoms with van der Waals surface area (Å²) in [5.41, 5.74) is 0.692. The van der Waals surface area contributed by atoms with Crippen molar-refractivity contribution in [1.29, 1.82) is 0 Å². The van der Waals surface area contributed by atoms with E-state index in [4.69, 9.17) is 23.2 Å². The molecule has 0 spiro atoms. The molecule has 4 aromatic rings. The van der Waals surface area contributed by atoms with Gasteiger partial charge in [0.1, 0.15) is 5.75 Å². The molecule has 0 radical (unpaired) electrons. The zero-order chi connectivity index (χ0) is 39.1. The lowest BCUT2D eigenvalue weighted by atomic mass is 9.48. The molecule has 2 aliphatic heterocycles. The zero-order valence-corrected chi connectivity index (χ0v) is 29.9. The molecule has 4 amide bonds. The molecule has 2 saturated heterocycles. The fourth-order valence-corrected chi connectivity index (χ4v) is 9.51. The van der Waals surface area contributed by atoms with Gasteiger partial charge < -0.3 is 10.2 Å². The Morgan fingerprint density at radius 2 is 1.69 bits per heavy atom. The summed E-state index contributed by atoms with van der Waals surface area (Å²) in [6, 6.07) is 17.1. The number of aliphatic carboxylic acids is 1. The van der Waals surface area contributed by atoms with Crippen molar-refractivity contribution in [2.45, 2.75) is 36.8 Å². The molecule has 282 valence electrons. The topological polar surface area (TPSA) is 157 Å². The highest BCUT2D eigenvalue weighted by Gasteiger charge is 2.71. The highest BCUT2D eigenvalue weighted by Crippen LogP contribution is 2.65. The predicted octanol–water partition coefficient (Wildman–Crippen LogP) is 6.73. The number of carboxylic acids is 1. The number of alkyl halides is 3. The van der Waals surface area contributed by atoms with Crippen LogP contribution in [-0.2, 0) is 35.6 Å². The van der Waals surface area contributed by atoms with Gasteiger partial charge in [-0.15, -0.1) is 0 Å². The van der Waals surface area contributed by atoms with Gasteiger partial charge in [-0.3, -0.25) is 34.3 Å². The summed E-state index contributed by atoms with van der Waals surface area (Å²) in [7, 11) is 0. The summed E-state index contributed by atoms with van der Waals surface area (Å²) in [6.07, 6.45) is -3.04. The molecule has 4 aliphatic rings. The summed E-state index contributed by atoms with van der Waals surface area (Å²) in [4.78, 5) is 74.3. The minimum Gasteiger partial charge on any atom is -0.508 e. The van der Waals surface area contributed by atoms with Crippen LogP contribution in [0.25, 0.3) is 10.8 Å². The van der Waals surface area contributed by atoms with Gasteiger partial charge in [-0.1, -0.05) is 77.3 Å². The maximum atomic E-state index is 15.4. The number of allylic oxidation sites excluding steroid dienone is 2. The Kier molecular flexibility index (Phi) is 8.69. The van der Waals surface area contributed by atoms with Crippen LogP contribution in [0.1, 0.15) is 41.9 Å². The molecule has 3 aromatic carbocycles. The van der Waals surface area contributed by atoms with Crippen molar-refractivity contribution in [3.63, 3.8) is 0 Å². The van der Waals surface area contributed by atoms with E-state index in [0.29, 0.717) is 44.2 Å². The van der Waals surface area contributed by atoms with Gasteiger partial charge >= 0.3 is 12.1 Å². The largest absolute Gasteiger partial charge is 0.508 e. The first-order valence-corrected chi connectivity index (χ1v) is 18.0. The van der Waals surface area contributed by atoms with E-state index >= 15 is 4.79 Å². The Hall–Kier alpha value is -5.47. The number of aromatic nitrogens is 1. The number of aromatic hydroxyl groups is 1. The normalized spacial score (nSPS) is 26.2. The molecule has 55 heavy (non-hydrogen) atoms. The predicted molar refractivity (Wildman–Crippen MR) is 191 cm³/mol. The number of imide groups is 2. The Bertz CT molecular complexity index is 2370. The minimum atomic E-state index is -4.78. The smallest absolute Gasteiger partial charge is 0.417 e. The maximum Gasteiger partial charge on any atom is 0.417 e. The van der Waals surface area contributed by atoms with Gasteiger partial charge in [0.15, 0.2) is 5.82 Å². The van der Waals surface area contributed by atoms with E-state index in [2.05, 4.69) is 10.4 Å². The molecule has 3 fully saturated rings. The number of rotatable bonds is 7. The first kappa shape index (κ1) is 36.5. The van der Waals surface area contributed by atoms with E-state index in [0.717, 1.165) is 4.90 Å². The summed E-state index contributed by atoms with van der Waals surface area (Å²) >= 11 is 12.6. The third-order valence-electron chi connectivity index (χ3n) is 11.4. The summed E-state index contributed by atoms with van der Waals surface area (Å²) in [5, 5.41) is 22.9. The number of amides is 4. The second kappa shape index (κ2) is 13.1. The molecule has 1 aromatic heterocycles. The van der Waals surface area contributed by atoms with Crippen LogP contribution in [0.15, 0.2) is 84.6 Å². The van der Waals surface area contributed by atoms with Crippen LogP contribution in [0.4, 0.5) is 19.0 Å². The number of anilines is 1. The third-order valence-corrected chi connectivity index (χ3v) is 12.0. The standard InChI is InChI=1S/C39H29Cl2F3N4O7/c40-21-8-6-19(7-9-21)38-26(35(53)48(37(38)55)46-33-27(41)15-20(17-45-33)39(42,43)44)16-25-23(32(38)31-22-4-2-1-3-18(22)5-12-28(31)49)10-11-24-30(25)36(54)47(34(24)52)14-13-29(50)51/h1-10,12,15,17,24-26,30,32,49H,11,13-14,16H2,(H,45,46)(H,50,51)/t24-,25+,26-,30-,32+,38+/m0/s1. The first-order valence-electron chi connectivity index (χ1n) is 17.3. The zero-order valence-electron chi connectivity index (χ0n) is 28.4. The van der Waals surface area contributed by atoms with Gasteiger partial charge in [0.2, 0.25) is 11.8 Å². The number of likely N-dealkylation sites (tertiary alicyclic amines) is 1. The number of hydrogen-bond donors (Lipinski definition) is 3. The van der Waals surface area contributed by atoms with Crippen molar-refractivity contribution < 1.29 is 47.4 Å². The third kappa shape index (κ3) is 5.55. The fourth-order valence-electron chi connectivity index (χ4n) is 9.18. The lowest BCUT2D eigenvalue weighted by Gasteiger charge is -2.51. The molecular weight excluding hydrogens is 764 g/mol.